The molecule has 0 aliphatic carbocycles. The Morgan fingerprint density at radius 3 is 2.70 bits per heavy atom. The normalized spacial score (nSPS) is 12.0. The van der Waals surface area contributed by atoms with Crippen molar-refractivity contribution in [3.63, 3.8) is 0 Å². The number of aryl methyl sites for hydroxylation is 2. The Balaban J connectivity index is 1.84. The van der Waals surface area contributed by atoms with Gasteiger partial charge < -0.3 is 0 Å². The molecule has 3 aromatic rings. The number of rotatable bonds is 5. The van der Waals surface area contributed by atoms with Crippen molar-refractivity contribution in [1.29, 1.82) is 0 Å². The van der Waals surface area contributed by atoms with Crippen LogP contribution < -0.4 is 0 Å². The maximum atomic E-state index is 13.0. The molecular weight excluding hydrogens is 287 g/mol. The topological polar surface area (TPSA) is 17.8 Å². The van der Waals surface area contributed by atoms with Crippen LogP contribution in [0.15, 0.2) is 54.7 Å². The van der Waals surface area contributed by atoms with Gasteiger partial charge in [0.25, 0.3) is 0 Å². The summed E-state index contributed by atoms with van der Waals surface area (Å²) in [6.45, 7) is 5.08. The molecule has 2 aromatic carbocycles. The number of fused-ring (bicyclic) bond motifs is 1. The second kappa shape index (κ2) is 6.78. The molecule has 0 spiro atoms. The van der Waals surface area contributed by atoms with Gasteiger partial charge in [-0.15, -0.1) is 0 Å². The molecule has 0 atom stereocenters. The van der Waals surface area contributed by atoms with Gasteiger partial charge in [-0.25, -0.2) is 4.39 Å². The van der Waals surface area contributed by atoms with E-state index in [1.807, 2.05) is 23.0 Å². The van der Waals surface area contributed by atoms with E-state index in [9.17, 15) is 4.39 Å². The number of nitrogens with zero attached hydrogens (tertiary/aromatic N) is 2. The van der Waals surface area contributed by atoms with E-state index in [0.717, 1.165) is 35.9 Å². The Morgan fingerprint density at radius 2 is 1.96 bits per heavy atom. The first kappa shape index (κ1) is 15.5. The van der Waals surface area contributed by atoms with Crippen LogP contribution in [0.25, 0.3) is 16.5 Å². The SMILES string of the molecule is CC/C=C(/C)c1ccc2cnn(CCc3ccc(F)cc3)c2c1. The molecule has 0 saturated heterocycles. The maximum absolute atomic E-state index is 13.0. The van der Waals surface area contributed by atoms with E-state index >= 15 is 0 Å². The summed E-state index contributed by atoms with van der Waals surface area (Å²) < 4.78 is 15.0. The first-order valence-corrected chi connectivity index (χ1v) is 8.04. The Hall–Kier alpha value is -2.42. The van der Waals surface area contributed by atoms with Crippen molar-refractivity contribution in [3.8, 4) is 0 Å². The Morgan fingerprint density at radius 1 is 1.17 bits per heavy atom. The van der Waals surface area contributed by atoms with Gasteiger partial charge in [-0.2, -0.15) is 5.10 Å². The molecule has 0 unspecified atom stereocenters. The lowest BCUT2D eigenvalue weighted by Crippen LogP contribution is -2.03. The molecule has 3 rings (SSSR count). The zero-order chi connectivity index (χ0) is 16.2. The lowest BCUT2D eigenvalue weighted by molar-refractivity contribution is 0.620. The molecule has 2 nitrogen and oxygen atoms in total. The Labute approximate surface area is 136 Å². The van der Waals surface area contributed by atoms with Crippen LogP contribution in [0.5, 0.6) is 0 Å². The van der Waals surface area contributed by atoms with Crippen molar-refractivity contribution in [1.82, 2.24) is 9.78 Å². The molecule has 0 amide bonds. The molecule has 1 aromatic heterocycles. The second-order valence-corrected chi connectivity index (χ2v) is 5.81. The molecule has 1 heterocycles. The van der Waals surface area contributed by atoms with E-state index in [-0.39, 0.29) is 5.82 Å². The van der Waals surface area contributed by atoms with Crippen LogP contribution in [0.4, 0.5) is 4.39 Å². The van der Waals surface area contributed by atoms with Crippen LogP contribution >= 0.6 is 0 Å². The van der Waals surface area contributed by atoms with E-state index < -0.39 is 0 Å². The van der Waals surface area contributed by atoms with E-state index in [0.29, 0.717) is 0 Å². The quantitative estimate of drug-likeness (QED) is 0.631. The maximum Gasteiger partial charge on any atom is 0.123 e. The van der Waals surface area contributed by atoms with Gasteiger partial charge in [0, 0.05) is 11.9 Å². The summed E-state index contributed by atoms with van der Waals surface area (Å²) in [5, 5.41) is 5.65. The predicted molar refractivity (Wildman–Crippen MR) is 93.8 cm³/mol. The van der Waals surface area contributed by atoms with Gasteiger partial charge in [-0.1, -0.05) is 37.3 Å². The lowest BCUT2D eigenvalue weighted by Gasteiger charge is -2.06. The van der Waals surface area contributed by atoms with Crippen LogP contribution in [0.1, 0.15) is 31.4 Å². The minimum Gasteiger partial charge on any atom is -0.265 e. The second-order valence-electron chi connectivity index (χ2n) is 5.81. The third-order valence-electron chi connectivity index (χ3n) is 4.14. The number of hydrogen-bond acceptors (Lipinski definition) is 1. The zero-order valence-electron chi connectivity index (χ0n) is 13.6. The predicted octanol–water partition coefficient (Wildman–Crippen LogP) is 5.23. The average Bonchev–Trinajstić information content (AvgIpc) is 2.97. The summed E-state index contributed by atoms with van der Waals surface area (Å²) in [6, 6.07) is 13.2. The largest absolute Gasteiger partial charge is 0.265 e. The van der Waals surface area contributed by atoms with E-state index in [4.69, 9.17) is 0 Å². The highest BCUT2D eigenvalue weighted by atomic mass is 19.1. The van der Waals surface area contributed by atoms with Crippen molar-refractivity contribution >= 4 is 16.5 Å². The summed E-state index contributed by atoms with van der Waals surface area (Å²) >= 11 is 0. The first-order chi connectivity index (χ1) is 11.2. The van der Waals surface area contributed by atoms with Crippen molar-refractivity contribution in [2.24, 2.45) is 0 Å². The summed E-state index contributed by atoms with van der Waals surface area (Å²) in [5.74, 6) is -0.193. The fourth-order valence-corrected chi connectivity index (χ4v) is 2.80. The summed E-state index contributed by atoms with van der Waals surface area (Å²) in [4.78, 5) is 0. The van der Waals surface area contributed by atoms with Crippen LogP contribution in [0.3, 0.4) is 0 Å². The van der Waals surface area contributed by atoms with Crippen molar-refractivity contribution in [2.45, 2.75) is 33.2 Å². The molecule has 0 fully saturated rings. The fourth-order valence-electron chi connectivity index (χ4n) is 2.80. The zero-order valence-corrected chi connectivity index (χ0v) is 13.6. The van der Waals surface area contributed by atoms with Gasteiger partial charge in [-0.05, 0) is 54.7 Å². The molecule has 118 valence electrons. The average molecular weight is 308 g/mol. The van der Waals surface area contributed by atoms with Gasteiger partial charge in [0.1, 0.15) is 5.82 Å². The third-order valence-corrected chi connectivity index (χ3v) is 4.14. The van der Waals surface area contributed by atoms with E-state index in [1.54, 1.807) is 0 Å². The van der Waals surface area contributed by atoms with Crippen molar-refractivity contribution in [2.75, 3.05) is 0 Å². The molecule has 0 radical (unpaired) electrons. The molecule has 23 heavy (non-hydrogen) atoms. The molecule has 0 bridgehead atoms. The standard InChI is InChI=1S/C20H21FN2/c1-3-4-15(2)17-7-8-18-14-22-23(20(18)13-17)12-11-16-5-9-19(21)10-6-16/h4-10,13-14H,3,11-12H2,1-2H3/b15-4-. The van der Waals surface area contributed by atoms with Gasteiger partial charge in [-0.3, -0.25) is 4.68 Å². The number of allylic oxidation sites excluding steroid dienone is 2. The molecule has 0 N–H and O–H groups in total. The van der Waals surface area contributed by atoms with Gasteiger partial charge >= 0.3 is 0 Å². The van der Waals surface area contributed by atoms with Gasteiger partial charge in [0.2, 0.25) is 0 Å². The Bertz CT molecular complexity index is 828. The highest BCUT2D eigenvalue weighted by Gasteiger charge is 2.05. The van der Waals surface area contributed by atoms with Gasteiger partial charge in [0.15, 0.2) is 0 Å². The summed E-state index contributed by atoms with van der Waals surface area (Å²) in [6.07, 6.45) is 6.02. The minimum atomic E-state index is -0.193. The fraction of sp³-hybridized carbons (Fsp3) is 0.250. The minimum absolute atomic E-state index is 0.193. The summed E-state index contributed by atoms with van der Waals surface area (Å²) in [5.41, 5.74) is 4.80. The first-order valence-electron chi connectivity index (χ1n) is 8.04. The highest BCUT2D eigenvalue weighted by molar-refractivity contribution is 5.83. The highest BCUT2D eigenvalue weighted by Crippen LogP contribution is 2.21. The smallest absolute Gasteiger partial charge is 0.123 e. The molecule has 3 heteroatoms. The number of hydrogen-bond donors (Lipinski definition) is 0. The lowest BCUT2D eigenvalue weighted by atomic mass is 10.0. The molecular formula is C20H21FN2. The van der Waals surface area contributed by atoms with Crippen LogP contribution in [0, 0.1) is 5.82 Å². The number of benzene rings is 2. The Kier molecular flexibility index (Phi) is 4.56. The molecule has 0 aliphatic rings. The van der Waals surface area contributed by atoms with Crippen LogP contribution in [-0.2, 0) is 13.0 Å². The van der Waals surface area contributed by atoms with E-state index in [2.05, 4.69) is 43.2 Å². The summed E-state index contributed by atoms with van der Waals surface area (Å²) in [7, 11) is 0. The molecule has 0 saturated carbocycles. The third kappa shape index (κ3) is 3.50. The van der Waals surface area contributed by atoms with E-state index in [1.165, 1.54) is 23.3 Å². The number of aromatic nitrogens is 2. The van der Waals surface area contributed by atoms with Crippen LogP contribution in [0.2, 0.25) is 0 Å². The van der Waals surface area contributed by atoms with Crippen molar-refractivity contribution in [3.05, 3.63) is 71.7 Å². The van der Waals surface area contributed by atoms with Crippen LogP contribution in [-0.4, -0.2) is 9.78 Å². The number of halogens is 1. The van der Waals surface area contributed by atoms with Crippen molar-refractivity contribution < 1.29 is 4.39 Å². The molecule has 0 aliphatic heterocycles. The monoisotopic (exact) mass is 308 g/mol. The van der Waals surface area contributed by atoms with Gasteiger partial charge in [0.05, 0.1) is 11.7 Å².